The quantitative estimate of drug-likeness (QED) is 0.689. The van der Waals surface area contributed by atoms with Gasteiger partial charge in [-0.3, -0.25) is 10.1 Å². The zero-order valence-corrected chi connectivity index (χ0v) is 9.45. The van der Waals surface area contributed by atoms with Crippen LogP contribution in [0.3, 0.4) is 0 Å². The molecule has 0 aliphatic carbocycles. The van der Waals surface area contributed by atoms with Gasteiger partial charge in [0, 0.05) is 4.90 Å². The number of aromatic hydroxyl groups is 1. The van der Waals surface area contributed by atoms with E-state index < -0.39 is 17.2 Å². The maximum absolute atomic E-state index is 11.3. The van der Waals surface area contributed by atoms with E-state index in [0.717, 1.165) is 4.90 Å². The lowest BCUT2D eigenvalue weighted by Gasteiger charge is -2.09. The van der Waals surface area contributed by atoms with Gasteiger partial charge in [-0.1, -0.05) is 0 Å². The molecular weight excluding hydrogens is 228 g/mol. The maximum Gasteiger partial charge on any atom is 0.318 e. The van der Waals surface area contributed by atoms with Crippen LogP contribution in [0.25, 0.3) is 0 Å². The van der Waals surface area contributed by atoms with Gasteiger partial charge in [0.05, 0.1) is 5.25 Å². The van der Waals surface area contributed by atoms with Crippen molar-refractivity contribution in [2.24, 2.45) is 5.73 Å². The lowest BCUT2D eigenvalue weighted by Crippen LogP contribution is -2.39. The van der Waals surface area contributed by atoms with Crippen molar-refractivity contribution in [2.75, 3.05) is 0 Å². The van der Waals surface area contributed by atoms with E-state index in [0.29, 0.717) is 0 Å². The highest BCUT2D eigenvalue weighted by Gasteiger charge is 2.15. The molecule has 6 heteroatoms. The molecule has 0 aliphatic rings. The van der Waals surface area contributed by atoms with E-state index in [4.69, 9.17) is 10.8 Å². The fraction of sp³-hybridized carbons (Fsp3) is 0.200. The van der Waals surface area contributed by atoms with Gasteiger partial charge in [-0.25, -0.2) is 4.79 Å². The molecule has 1 atom stereocenters. The smallest absolute Gasteiger partial charge is 0.318 e. The predicted octanol–water partition coefficient (Wildman–Crippen LogP) is 1.07. The summed E-state index contributed by atoms with van der Waals surface area (Å²) >= 11 is 1.27. The third kappa shape index (κ3) is 3.82. The number of phenols is 1. The number of benzene rings is 1. The number of primary amides is 1. The number of thioether (sulfide) groups is 1. The summed E-state index contributed by atoms with van der Waals surface area (Å²) in [6, 6.07) is 5.58. The third-order valence-corrected chi connectivity index (χ3v) is 2.88. The van der Waals surface area contributed by atoms with Gasteiger partial charge in [0.1, 0.15) is 5.75 Å². The van der Waals surface area contributed by atoms with Gasteiger partial charge < -0.3 is 10.8 Å². The number of urea groups is 1. The Morgan fingerprint density at radius 1 is 1.38 bits per heavy atom. The molecule has 1 aromatic rings. The van der Waals surface area contributed by atoms with Crippen LogP contribution in [0.4, 0.5) is 4.79 Å². The summed E-state index contributed by atoms with van der Waals surface area (Å²) in [5.41, 5.74) is 4.83. The minimum Gasteiger partial charge on any atom is -0.508 e. The summed E-state index contributed by atoms with van der Waals surface area (Å²) in [7, 11) is 0. The van der Waals surface area contributed by atoms with E-state index in [1.807, 2.05) is 5.32 Å². The average molecular weight is 240 g/mol. The van der Waals surface area contributed by atoms with E-state index in [9.17, 15) is 9.59 Å². The first-order valence-corrected chi connectivity index (χ1v) is 5.43. The highest BCUT2D eigenvalue weighted by atomic mass is 32.2. The summed E-state index contributed by atoms with van der Waals surface area (Å²) in [5, 5.41) is 10.6. The molecule has 0 unspecified atom stereocenters. The van der Waals surface area contributed by atoms with Gasteiger partial charge in [0.2, 0.25) is 5.91 Å². The summed E-state index contributed by atoms with van der Waals surface area (Å²) in [4.78, 5) is 22.6. The van der Waals surface area contributed by atoms with E-state index in [-0.39, 0.29) is 5.75 Å². The molecule has 0 fully saturated rings. The Kier molecular flexibility index (Phi) is 4.19. The minimum atomic E-state index is -0.858. The van der Waals surface area contributed by atoms with E-state index in [2.05, 4.69) is 0 Å². The Balaban J connectivity index is 2.57. The number of phenolic OH excluding ortho intramolecular Hbond substituents is 1. The van der Waals surface area contributed by atoms with Gasteiger partial charge in [-0.05, 0) is 31.2 Å². The SMILES string of the molecule is C[C@@H](Sc1ccc(O)cc1)C(=O)NC(N)=O. The topological polar surface area (TPSA) is 92.4 Å². The van der Waals surface area contributed by atoms with Crippen LogP contribution in [-0.4, -0.2) is 22.3 Å². The highest BCUT2D eigenvalue weighted by molar-refractivity contribution is 8.00. The number of hydrogen-bond acceptors (Lipinski definition) is 4. The van der Waals surface area contributed by atoms with Crippen LogP contribution in [0.2, 0.25) is 0 Å². The normalized spacial score (nSPS) is 11.8. The number of rotatable bonds is 3. The molecule has 16 heavy (non-hydrogen) atoms. The number of nitrogens with one attached hydrogen (secondary N) is 1. The number of amides is 3. The van der Waals surface area contributed by atoms with Crippen LogP contribution >= 0.6 is 11.8 Å². The van der Waals surface area contributed by atoms with Crippen molar-refractivity contribution in [3.8, 4) is 5.75 Å². The maximum atomic E-state index is 11.3. The predicted molar refractivity (Wildman–Crippen MR) is 61.2 cm³/mol. The number of imide groups is 1. The lowest BCUT2D eigenvalue weighted by atomic mass is 10.3. The second-order valence-electron chi connectivity index (χ2n) is 3.11. The molecular formula is C10H12N2O3S. The zero-order chi connectivity index (χ0) is 12.1. The Morgan fingerprint density at radius 3 is 2.44 bits per heavy atom. The van der Waals surface area contributed by atoms with Gasteiger partial charge in [0.15, 0.2) is 0 Å². The Bertz CT molecular complexity index is 392. The molecule has 86 valence electrons. The average Bonchev–Trinajstić information content (AvgIpc) is 2.20. The van der Waals surface area contributed by atoms with Crippen molar-refractivity contribution in [3.63, 3.8) is 0 Å². The van der Waals surface area contributed by atoms with Crippen LogP contribution in [0.15, 0.2) is 29.2 Å². The molecule has 3 amide bonds. The zero-order valence-electron chi connectivity index (χ0n) is 8.64. The molecule has 1 aromatic carbocycles. The highest BCUT2D eigenvalue weighted by Crippen LogP contribution is 2.24. The van der Waals surface area contributed by atoms with E-state index in [1.54, 1.807) is 19.1 Å². The largest absolute Gasteiger partial charge is 0.508 e. The molecule has 0 aliphatic heterocycles. The summed E-state index contributed by atoms with van der Waals surface area (Å²) < 4.78 is 0. The molecule has 0 radical (unpaired) electrons. The first-order chi connectivity index (χ1) is 7.49. The molecule has 4 N–H and O–H groups in total. The Morgan fingerprint density at radius 2 is 1.94 bits per heavy atom. The van der Waals surface area contributed by atoms with Crippen LogP contribution in [0, 0.1) is 0 Å². The van der Waals surface area contributed by atoms with Crippen LogP contribution in [0.5, 0.6) is 5.75 Å². The first-order valence-electron chi connectivity index (χ1n) is 4.55. The Labute approximate surface area is 97.0 Å². The van der Waals surface area contributed by atoms with Gasteiger partial charge >= 0.3 is 6.03 Å². The van der Waals surface area contributed by atoms with Gasteiger partial charge in [0.25, 0.3) is 0 Å². The Hall–Kier alpha value is -1.69. The molecule has 0 saturated carbocycles. The van der Waals surface area contributed by atoms with E-state index >= 15 is 0 Å². The molecule has 5 nitrogen and oxygen atoms in total. The number of nitrogens with two attached hydrogens (primary N) is 1. The van der Waals surface area contributed by atoms with Gasteiger partial charge in [-0.15, -0.1) is 11.8 Å². The fourth-order valence-corrected chi connectivity index (χ4v) is 1.87. The first kappa shape index (κ1) is 12.4. The van der Waals surface area contributed by atoms with Crippen molar-refractivity contribution in [1.29, 1.82) is 0 Å². The van der Waals surface area contributed by atoms with Crippen LogP contribution in [-0.2, 0) is 4.79 Å². The second kappa shape index (κ2) is 5.41. The van der Waals surface area contributed by atoms with Crippen molar-refractivity contribution < 1.29 is 14.7 Å². The monoisotopic (exact) mass is 240 g/mol. The van der Waals surface area contributed by atoms with Crippen molar-refractivity contribution >= 4 is 23.7 Å². The molecule has 0 bridgehead atoms. The number of carbonyl (C=O) groups is 2. The third-order valence-electron chi connectivity index (χ3n) is 1.77. The number of carbonyl (C=O) groups excluding carboxylic acids is 2. The molecule has 0 aromatic heterocycles. The summed E-state index contributed by atoms with van der Waals surface area (Å²) in [6.45, 7) is 1.66. The molecule has 0 heterocycles. The second-order valence-corrected chi connectivity index (χ2v) is 4.52. The van der Waals surface area contributed by atoms with E-state index in [1.165, 1.54) is 23.9 Å². The number of hydrogen-bond donors (Lipinski definition) is 3. The fourth-order valence-electron chi connectivity index (χ4n) is 1.01. The van der Waals surface area contributed by atoms with Crippen molar-refractivity contribution in [1.82, 2.24) is 5.32 Å². The molecule has 1 rings (SSSR count). The standard InChI is InChI=1S/C10H12N2O3S/c1-6(9(14)12-10(11)15)16-8-4-2-7(13)3-5-8/h2-6,13H,1H3,(H3,11,12,14,15)/t6-/m1/s1. The summed E-state index contributed by atoms with van der Waals surface area (Å²) in [5.74, 6) is -0.274. The van der Waals surface area contributed by atoms with Crippen LogP contribution in [0.1, 0.15) is 6.92 Å². The minimum absolute atomic E-state index is 0.165. The summed E-state index contributed by atoms with van der Waals surface area (Å²) in [6.07, 6.45) is 0. The van der Waals surface area contributed by atoms with Crippen molar-refractivity contribution in [3.05, 3.63) is 24.3 Å². The van der Waals surface area contributed by atoms with Gasteiger partial charge in [-0.2, -0.15) is 0 Å². The molecule has 0 saturated heterocycles. The lowest BCUT2D eigenvalue weighted by molar-refractivity contribution is -0.119. The molecule has 0 spiro atoms. The van der Waals surface area contributed by atoms with Crippen molar-refractivity contribution in [2.45, 2.75) is 17.1 Å². The van der Waals surface area contributed by atoms with Crippen LogP contribution < -0.4 is 11.1 Å².